The van der Waals surface area contributed by atoms with Gasteiger partial charge in [-0.05, 0) is 31.0 Å². The van der Waals surface area contributed by atoms with Gasteiger partial charge in [-0.25, -0.2) is 4.39 Å². The lowest BCUT2D eigenvalue weighted by Crippen LogP contribution is -2.45. The Morgan fingerprint density at radius 1 is 1.25 bits per heavy atom. The van der Waals surface area contributed by atoms with Crippen molar-refractivity contribution in [1.29, 1.82) is 0 Å². The van der Waals surface area contributed by atoms with Crippen molar-refractivity contribution in [2.75, 3.05) is 6.54 Å². The van der Waals surface area contributed by atoms with Gasteiger partial charge in [0.25, 0.3) is 5.91 Å². The molecule has 1 aliphatic heterocycles. The predicted molar refractivity (Wildman–Crippen MR) is 90.2 cm³/mol. The second kappa shape index (κ2) is 6.83. The SMILES string of the molecule is CC1(C(=O)NCCc2ccccc2)CC(c2cccc(F)c2)=NO1. The van der Waals surface area contributed by atoms with E-state index in [1.807, 2.05) is 30.3 Å². The molecule has 0 fully saturated rings. The molecule has 0 aliphatic carbocycles. The normalized spacial score (nSPS) is 19.5. The van der Waals surface area contributed by atoms with Gasteiger partial charge in [0, 0.05) is 18.5 Å². The van der Waals surface area contributed by atoms with Crippen molar-refractivity contribution >= 4 is 11.6 Å². The average molecular weight is 326 g/mol. The van der Waals surface area contributed by atoms with Gasteiger partial charge >= 0.3 is 0 Å². The van der Waals surface area contributed by atoms with Crippen molar-refractivity contribution in [3.8, 4) is 0 Å². The molecule has 0 saturated carbocycles. The first-order valence-corrected chi connectivity index (χ1v) is 7.90. The van der Waals surface area contributed by atoms with Gasteiger partial charge in [-0.3, -0.25) is 4.79 Å². The average Bonchev–Trinajstić information content (AvgIpc) is 3.00. The fourth-order valence-corrected chi connectivity index (χ4v) is 2.64. The van der Waals surface area contributed by atoms with Gasteiger partial charge in [0.15, 0.2) is 0 Å². The molecule has 5 heteroatoms. The van der Waals surface area contributed by atoms with Gasteiger partial charge in [-0.15, -0.1) is 0 Å². The van der Waals surface area contributed by atoms with Crippen molar-refractivity contribution in [2.45, 2.75) is 25.4 Å². The molecule has 1 atom stereocenters. The van der Waals surface area contributed by atoms with Crippen molar-refractivity contribution in [3.63, 3.8) is 0 Å². The first kappa shape index (κ1) is 16.2. The van der Waals surface area contributed by atoms with Crippen LogP contribution in [0.25, 0.3) is 0 Å². The predicted octanol–water partition coefficient (Wildman–Crippen LogP) is 3.07. The first-order valence-electron chi connectivity index (χ1n) is 7.90. The summed E-state index contributed by atoms with van der Waals surface area (Å²) in [5, 5.41) is 6.86. The topological polar surface area (TPSA) is 50.7 Å². The summed E-state index contributed by atoms with van der Waals surface area (Å²) in [5.41, 5.74) is 1.32. The Morgan fingerprint density at radius 2 is 2.04 bits per heavy atom. The van der Waals surface area contributed by atoms with E-state index in [1.54, 1.807) is 19.1 Å². The number of nitrogens with zero attached hydrogens (tertiary/aromatic N) is 1. The molecule has 0 radical (unpaired) electrons. The zero-order valence-electron chi connectivity index (χ0n) is 13.5. The lowest BCUT2D eigenvalue weighted by Gasteiger charge is -2.20. The molecule has 124 valence electrons. The second-order valence-electron chi connectivity index (χ2n) is 6.04. The van der Waals surface area contributed by atoms with E-state index >= 15 is 0 Å². The second-order valence-corrected chi connectivity index (χ2v) is 6.04. The van der Waals surface area contributed by atoms with Crippen LogP contribution in [0.1, 0.15) is 24.5 Å². The number of hydrogen-bond donors (Lipinski definition) is 1. The summed E-state index contributed by atoms with van der Waals surface area (Å²) in [6, 6.07) is 16.1. The van der Waals surface area contributed by atoms with Crippen LogP contribution in [0.5, 0.6) is 0 Å². The molecule has 4 nitrogen and oxygen atoms in total. The molecule has 0 spiro atoms. The summed E-state index contributed by atoms with van der Waals surface area (Å²) in [6.45, 7) is 2.22. The monoisotopic (exact) mass is 326 g/mol. The van der Waals surface area contributed by atoms with Crippen molar-refractivity contribution in [3.05, 3.63) is 71.5 Å². The maximum Gasteiger partial charge on any atom is 0.267 e. The van der Waals surface area contributed by atoms with Crippen molar-refractivity contribution in [1.82, 2.24) is 5.32 Å². The number of carbonyl (C=O) groups is 1. The zero-order chi connectivity index (χ0) is 17.0. The Kier molecular flexibility index (Phi) is 4.60. The number of oxime groups is 1. The fourth-order valence-electron chi connectivity index (χ4n) is 2.64. The van der Waals surface area contributed by atoms with E-state index in [9.17, 15) is 9.18 Å². The van der Waals surface area contributed by atoms with Crippen molar-refractivity contribution in [2.24, 2.45) is 5.16 Å². The minimum atomic E-state index is -1.06. The van der Waals surface area contributed by atoms with Gasteiger partial charge in [0.1, 0.15) is 5.82 Å². The highest BCUT2D eigenvalue weighted by Gasteiger charge is 2.42. The molecular formula is C19H19FN2O2. The number of nitrogens with one attached hydrogen (secondary N) is 1. The molecular weight excluding hydrogens is 307 g/mol. The van der Waals surface area contributed by atoms with Gasteiger partial charge in [0.05, 0.1) is 5.71 Å². The zero-order valence-corrected chi connectivity index (χ0v) is 13.5. The van der Waals surface area contributed by atoms with Crippen LogP contribution in [0.15, 0.2) is 59.8 Å². The minimum absolute atomic E-state index is 0.214. The van der Waals surface area contributed by atoms with E-state index in [-0.39, 0.29) is 11.7 Å². The van der Waals surface area contributed by atoms with Gasteiger partial charge in [0.2, 0.25) is 5.60 Å². The number of carbonyl (C=O) groups excluding carboxylic acids is 1. The fraction of sp³-hybridized carbons (Fsp3) is 0.263. The molecule has 2 aromatic carbocycles. The van der Waals surface area contributed by atoms with Crippen LogP contribution in [0.3, 0.4) is 0 Å². The highest BCUT2D eigenvalue weighted by atomic mass is 19.1. The molecule has 1 amide bonds. The van der Waals surface area contributed by atoms with Crippen LogP contribution in [0, 0.1) is 5.82 Å². The third kappa shape index (κ3) is 3.62. The highest BCUT2D eigenvalue weighted by Crippen LogP contribution is 2.27. The summed E-state index contributed by atoms with van der Waals surface area (Å²) < 4.78 is 13.3. The molecule has 2 aromatic rings. The van der Waals surface area contributed by atoms with Gasteiger partial charge < -0.3 is 10.2 Å². The van der Waals surface area contributed by atoms with Crippen LogP contribution in [-0.2, 0) is 16.1 Å². The van der Waals surface area contributed by atoms with Crippen LogP contribution in [0.2, 0.25) is 0 Å². The molecule has 0 aromatic heterocycles. The minimum Gasteiger partial charge on any atom is -0.379 e. The molecule has 1 unspecified atom stereocenters. The van der Waals surface area contributed by atoms with E-state index in [0.717, 1.165) is 12.0 Å². The summed E-state index contributed by atoms with van der Waals surface area (Å²) in [6.07, 6.45) is 1.06. The Hall–Kier alpha value is -2.69. The summed E-state index contributed by atoms with van der Waals surface area (Å²) >= 11 is 0. The summed E-state index contributed by atoms with van der Waals surface area (Å²) in [4.78, 5) is 17.8. The largest absolute Gasteiger partial charge is 0.379 e. The Labute approximate surface area is 140 Å². The van der Waals surface area contributed by atoms with Crippen molar-refractivity contribution < 1.29 is 14.0 Å². The van der Waals surface area contributed by atoms with E-state index in [0.29, 0.717) is 24.2 Å². The van der Waals surface area contributed by atoms with E-state index in [4.69, 9.17) is 4.84 Å². The lowest BCUT2D eigenvalue weighted by molar-refractivity contribution is -0.141. The smallest absolute Gasteiger partial charge is 0.267 e. The lowest BCUT2D eigenvalue weighted by atomic mass is 9.95. The molecule has 1 heterocycles. The van der Waals surface area contributed by atoms with E-state index in [2.05, 4.69) is 10.5 Å². The maximum atomic E-state index is 13.3. The number of benzene rings is 2. The van der Waals surface area contributed by atoms with Crippen LogP contribution >= 0.6 is 0 Å². The molecule has 0 bridgehead atoms. The van der Waals surface area contributed by atoms with Gasteiger partial charge in [-0.2, -0.15) is 0 Å². The summed E-state index contributed by atoms with van der Waals surface area (Å²) in [5.74, 6) is -0.551. The Bertz CT molecular complexity index is 761. The molecule has 1 aliphatic rings. The molecule has 24 heavy (non-hydrogen) atoms. The third-order valence-electron chi connectivity index (χ3n) is 4.04. The van der Waals surface area contributed by atoms with Crippen LogP contribution in [-0.4, -0.2) is 23.8 Å². The third-order valence-corrected chi connectivity index (χ3v) is 4.04. The quantitative estimate of drug-likeness (QED) is 0.918. The molecule has 1 N–H and O–H groups in total. The highest BCUT2D eigenvalue weighted by molar-refractivity contribution is 6.05. The first-order chi connectivity index (χ1) is 11.6. The number of rotatable bonds is 5. The van der Waals surface area contributed by atoms with Gasteiger partial charge in [-0.1, -0.05) is 47.6 Å². The Morgan fingerprint density at radius 3 is 2.79 bits per heavy atom. The van der Waals surface area contributed by atoms with Crippen LogP contribution in [0.4, 0.5) is 4.39 Å². The van der Waals surface area contributed by atoms with E-state index < -0.39 is 5.60 Å². The Balaban J connectivity index is 1.56. The summed E-state index contributed by atoms with van der Waals surface area (Å²) in [7, 11) is 0. The standard InChI is InChI=1S/C19H19FN2O2/c1-19(18(23)21-11-10-14-6-3-2-4-7-14)13-17(22-24-19)15-8-5-9-16(20)12-15/h2-9,12H,10-11,13H2,1H3,(H,21,23). The number of amides is 1. The maximum absolute atomic E-state index is 13.3. The molecule has 3 rings (SSSR count). The number of halogens is 1. The van der Waals surface area contributed by atoms with Crippen LogP contribution < -0.4 is 5.32 Å². The van der Waals surface area contributed by atoms with E-state index in [1.165, 1.54) is 12.1 Å². The number of hydrogen-bond acceptors (Lipinski definition) is 3. The molecule has 0 saturated heterocycles.